The van der Waals surface area contributed by atoms with E-state index in [4.69, 9.17) is 0 Å². The zero-order valence-electron chi connectivity index (χ0n) is 18.7. The van der Waals surface area contributed by atoms with Crippen LogP contribution < -0.4 is 5.32 Å². The molecule has 0 spiro atoms. The van der Waals surface area contributed by atoms with E-state index in [1.807, 2.05) is 29.4 Å². The minimum absolute atomic E-state index is 0.0954. The van der Waals surface area contributed by atoms with E-state index in [2.05, 4.69) is 39.5 Å². The lowest BCUT2D eigenvalue weighted by atomic mass is 9.74. The zero-order valence-corrected chi connectivity index (χ0v) is 18.7. The van der Waals surface area contributed by atoms with Gasteiger partial charge in [-0.15, -0.1) is 0 Å². The Hall–Kier alpha value is -2.44. The molecule has 32 heavy (non-hydrogen) atoms. The van der Waals surface area contributed by atoms with Crippen molar-refractivity contribution in [2.24, 2.45) is 0 Å². The Balaban J connectivity index is 1.33. The number of aliphatic hydroxyl groups is 1. The summed E-state index contributed by atoms with van der Waals surface area (Å²) >= 11 is 0. The fraction of sp³-hybridized carbons (Fsp3) is 0.538. The van der Waals surface area contributed by atoms with Crippen molar-refractivity contribution in [3.63, 3.8) is 0 Å². The lowest BCUT2D eigenvalue weighted by molar-refractivity contribution is -0.0591. The molecule has 6 heteroatoms. The van der Waals surface area contributed by atoms with Crippen LogP contribution in [-0.4, -0.2) is 70.3 Å². The Labute approximate surface area is 190 Å². The Morgan fingerprint density at radius 3 is 2.38 bits per heavy atom. The number of amides is 2. The maximum atomic E-state index is 13.0. The Morgan fingerprint density at radius 2 is 1.66 bits per heavy atom. The van der Waals surface area contributed by atoms with Crippen LogP contribution in [0.2, 0.25) is 0 Å². The highest BCUT2D eigenvalue weighted by Crippen LogP contribution is 2.42. The molecule has 2 amide bonds. The van der Waals surface area contributed by atoms with Gasteiger partial charge in [-0.3, -0.25) is 9.88 Å². The van der Waals surface area contributed by atoms with Gasteiger partial charge in [0.2, 0.25) is 0 Å². The molecule has 3 heterocycles. The van der Waals surface area contributed by atoms with Gasteiger partial charge < -0.3 is 15.3 Å². The molecule has 1 aromatic carbocycles. The fourth-order valence-corrected chi connectivity index (χ4v) is 5.90. The molecule has 2 N–H and O–H groups in total. The number of aliphatic hydroxyl groups excluding tert-OH is 1. The summed E-state index contributed by atoms with van der Waals surface area (Å²) in [6.45, 7) is 2.70. The Bertz CT molecular complexity index is 898. The second kappa shape index (κ2) is 9.59. The molecule has 170 valence electrons. The highest BCUT2D eigenvalue weighted by molar-refractivity contribution is 5.74. The van der Waals surface area contributed by atoms with Crippen LogP contribution in [0.4, 0.5) is 4.79 Å². The summed E-state index contributed by atoms with van der Waals surface area (Å²) in [4.78, 5) is 21.6. The molecule has 6 nitrogen and oxygen atoms in total. The van der Waals surface area contributed by atoms with Gasteiger partial charge in [-0.2, -0.15) is 0 Å². The quantitative estimate of drug-likeness (QED) is 0.771. The third-order valence-corrected chi connectivity index (χ3v) is 7.65. The van der Waals surface area contributed by atoms with Gasteiger partial charge in [-0.25, -0.2) is 4.79 Å². The number of nitrogens with zero attached hydrogens (tertiary/aromatic N) is 3. The number of hydrogen-bond acceptors (Lipinski definition) is 4. The maximum Gasteiger partial charge on any atom is 0.317 e. The second-order valence-electron chi connectivity index (χ2n) is 9.52. The number of fused-ring (bicyclic) bond motifs is 1. The SMILES string of the molecule is O=C(NC1CCCC1)N1CCCCN2[C@H](CO)[C@H](c3ccc(-c4ccncc4)cc3)[C@@H]2C1. The Kier molecular flexibility index (Phi) is 6.42. The summed E-state index contributed by atoms with van der Waals surface area (Å²) in [6, 6.07) is 13.6. The predicted octanol–water partition coefficient (Wildman–Crippen LogP) is 3.63. The number of hydrogen-bond donors (Lipinski definition) is 2. The second-order valence-corrected chi connectivity index (χ2v) is 9.52. The lowest BCUT2D eigenvalue weighted by Gasteiger charge is -2.57. The molecular formula is C26H34N4O2. The van der Waals surface area contributed by atoms with Gasteiger partial charge in [0, 0.05) is 49.5 Å². The summed E-state index contributed by atoms with van der Waals surface area (Å²) in [6.07, 6.45) is 10.4. The average molecular weight is 435 g/mol. The lowest BCUT2D eigenvalue weighted by Crippen LogP contribution is -2.68. The van der Waals surface area contributed by atoms with Gasteiger partial charge in [-0.05, 0) is 61.1 Å². The first-order valence-corrected chi connectivity index (χ1v) is 12.2. The molecule has 2 saturated heterocycles. The van der Waals surface area contributed by atoms with Crippen molar-refractivity contribution in [2.45, 2.75) is 62.6 Å². The van der Waals surface area contributed by atoms with Crippen molar-refractivity contribution in [1.29, 1.82) is 0 Å². The molecule has 2 aliphatic heterocycles. The number of carbonyl (C=O) groups excluding carboxylic acids is 1. The molecule has 3 fully saturated rings. The number of carbonyl (C=O) groups is 1. The summed E-state index contributed by atoms with van der Waals surface area (Å²) in [5.41, 5.74) is 3.57. The van der Waals surface area contributed by atoms with Crippen LogP contribution in [-0.2, 0) is 0 Å². The van der Waals surface area contributed by atoms with E-state index in [1.54, 1.807) is 0 Å². The van der Waals surface area contributed by atoms with Crippen molar-refractivity contribution in [1.82, 2.24) is 20.1 Å². The fourth-order valence-electron chi connectivity index (χ4n) is 5.90. The van der Waals surface area contributed by atoms with E-state index in [0.29, 0.717) is 6.04 Å². The minimum Gasteiger partial charge on any atom is -0.395 e. The third kappa shape index (κ3) is 4.26. The maximum absolute atomic E-state index is 13.0. The van der Waals surface area contributed by atoms with Gasteiger partial charge in [0.15, 0.2) is 0 Å². The highest BCUT2D eigenvalue weighted by atomic mass is 16.3. The summed E-state index contributed by atoms with van der Waals surface area (Å²) in [5, 5.41) is 13.5. The Morgan fingerprint density at radius 1 is 0.969 bits per heavy atom. The molecule has 0 unspecified atom stereocenters. The van der Waals surface area contributed by atoms with Crippen LogP contribution in [0, 0.1) is 0 Å². The van der Waals surface area contributed by atoms with Gasteiger partial charge in [-0.1, -0.05) is 37.1 Å². The van der Waals surface area contributed by atoms with Crippen LogP contribution in [0.15, 0.2) is 48.8 Å². The molecule has 0 bridgehead atoms. The van der Waals surface area contributed by atoms with Gasteiger partial charge >= 0.3 is 6.03 Å². The van der Waals surface area contributed by atoms with Crippen LogP contribution in [0.25, 0.3) is 11.1 Å². The van der Waals surface area contributed by atoms with Gasteiger partial charge in [0.1, 0.15) is 0 Å². The number of aromatic nitrogens is 1. The van der Waals surface area contributed by atoms with E-state index < -0.39 is 0 Å². The van der Waals surface area contributed by atoms with E-state index in [9.17, 15) is 9.90 Å². The van der Waals surface area contributed by atoms with Crippen molar-refractivity contribution >= 4 is 6.03 Å². The largest absolute Gasteiger partial charge is 0.395 e. The first kappa shape index (κ1) is 21.4. The average Bonchev–Trinajstić information content (AvgIpc) is 3.32. The third-order valence-electron chi connectivity index (χ3n) is 7.65. The van der Waals surface area contributed by atoms with Crippen LogP contribution in [0.1, 0.15) is 50.0 Å². The smallest absolute Gasteiger partial charge is 0.317 e. The van der Waals surface area contributed by atoms with E-state index in [-0.39, 0.29) is 30.6 Å². The molecule has 1 aliphatic carbocycles. The van der Waals surface area contributed by atoms with Crippen LogP contribution in [0.5, 0.6) is 0 Å². The monoisotopic (exact) mass is 434 g/mol. The predicted molar refractivity (Wildman–Crippen MR) is 125 cm³/mol. The topological polar surface area (TPSA) is 68.7 Å². The number of pyridine rings is 1. The number of nitrogens with one attached hydrogen (secondary N) is 1. The zero-order chi connectivity index (χ0) is 21.9. The van der Waals surface area contributed by atoms with Crippen molar-refractivity contribution in [3.8, 4) is 11.1 Å². The molecule has 1 saturated carbocycles. The number of rotatable bonds is 4. The normalized spacial score (nSPS) is 26.7. The molecule has 1 aromatic heterocycles. The van der Waals surface area contributed by atoms with Crippen molar-refractivity contribution < 1.29 is 9.90 Å². The summed E-state index contributed by atoms with van der Waals surface area (Å²) < 4.78 is 0. The number of urea groups is 1. The first-order valence-electron chi connectivity index (χ1n) is 12.2. The van der Waals surface area contributed by atoms with Gasteiger partial charge in [0.25, 0.3) is 0 Å². The minimum atomic E-state index is 0.0954. The molecule has 3 aliphatic rings. The van der Waals surface area contributed by atoms with Gasteiger partial charge in [0.05, 0.1) is 6.61 Å². The molecular weight excluding hydrogens is 400 g/mol. The van der Waals surface area contributed by atoms with Crippen LogP contribution >= 0.6 is 0 Å². The molecule has 3 atom stereocenters. The van der Waals surface area contributed by atoms with Crippen molar-refractivity contribution in [2.75, 3.05) is 26.2 Å². The standard InChI is InChI=1S/C26H34N4O2/c31-18-24-25(21-9-7-19(8-10-21)20-11-13-27-14-12-20)23-17-29(15-3-4-16-30(23)24)26(32)28-22-5-1-2-6-22/h7-14,22-25,31H,1-6,15-18H2,(H,28,32)/t23-,24+,25+/m0/s1. The molecule has 5 rings (SSSR count). The number of benzene rings is 1. The first-order chi connectivity index (χ1) is 15.7. The van der Waals surface area contributed by atoms with E-state index >= 15 is 0 Å². The van der Waals surface area contributed by atoms with Crippen LogP contribution in [0.3, 0.4) is 0 Å². The molecule has 2 aromatic rings. The molecule has 0 radical (unpaired) electrons. The van der Waals surface area contributed by atoms with Crippen molar-refractivity contribution in [3.05, 3.63) is 54.4 Å². The van der Waals surface area contributed by atoms with E-state index in [1.165, 1.54) is 24.0 Å². The highest BCUT2D eigenvalue weighted by Gasteiger charge is 2.49. The summed E-state index contributed by atoms with van der Waals surface area (Å²) in [7, 11) is 0. The van der Waals surface area contributed by atoms with E-state index in [0.717, 1.165) is 50.9 Å². The summed E-state index contributed by atoms with van der Waals surface area (Å²) in [5.74, 6) is 0.242.